The van der Waals surface area contributed by atoms with Crippen LogP contribution < -0.4 is 5.73 Å². The van der Waals surface area contributed by atoms with Gasteiger partial charge in [0.05, 0.1) is 11.5 Å². The summed E-state index contributed by atoms with van der Waals surface area (Å²) in [6, 6.07) is 3.24. The third kappa shape index (κ3) is 2.79. The largest absolute Gasteiger partial charge is 0.338 e. The average molecular weight is 296 g/mol. The maximum Gasteiger partial charge on any atom is 0.230 e. The van der Waals surface area contributed by atoms with E-state index < -0.39 is 17.0 Å². The molecule has 0 aliphatic heterocycles. The Labute approximate surface area is 124 Å². The Kier molecular flexibility index (Phi) is 4.33. The summed E-state index contributed by atoms with van der Waals surface area (Å²) < 4.78 is 26.4. The molecule has 116 valence electrons. The minimum atomic E-state index is -0.899. The van der Waals surface area contributed by atoms with Gasteiger partial charge in [-0.3, -0.25) is 4.79 Å². The Bertz CT molecular complexity index is 549. The summed E-state index contributed by atoms with van der Waals surface area (Å²) in [7, 11) is 1.69. The number of carbonyl (C=O) groups is 1. The maximum absolute atomic E-state index is 13.3. The first kappa shape index (κ1) is 15.9. The minimum absolute atomic E-state index is 0.0373. The van der Waals surface area contributed by atoms with E-state index in [9.17, 15) is 13.6 Å². The Balaban J connectivity index is 2.20. The summed E-state index contributed by atoms with van der Waals surface area (Å²) in [5.41, 5.74) is 6.08. The number of hydrogen-bond donors (Lipinski definition) is 1. The van der Waals surface area contributed by atoms with Crippen molar-refractivity contribution >= 4 is 5.91 Å². The van der Waals surface area contributed by atoms with Crippen LogP contribution in [0.25, 0.3) is 0 Å². The zero-order valence-corrected chi connectivity index (χ0v) is 12.7. The number of nitrogens with two attached hydrogens (primary N) is 1. The molecule has 0 bridgehead atoms. The number of amides is 1. The number of rotatable bonds is 3. The number of hydrogen-bond acceptors (Lipinski definition) is 2. The van der Waals surface area contributed by atoms with Gasteiger partial charge in [0.15, 0.2) is 11.6 Å². The first-order valence-corrected chi connectivity index (χ1v) is 7.25. The number of carbonyl (C=O) groups excluding carboxylic acids is 1. The molecular formula is C16H22F2N2O. The van der Waals surface area contributed by atoms with Crippen molar-refractivity contribution in [2.24, 2.45) is 11.1 Å². The van der Waals surface area contributed by atoms with Crippen LogP contribution in [0.15, 0.2) is 18.2 Å². The van der Waals surface area contributed by atoms with E-state index in [4.69, 9.17) is 5.73 Å². The van der Waals surface area contributed by atoms with Crippen molar-refractivity contribution in [3.05, 3.63) is 35.4 Å². The molecule has 21 heavy (non-hydrogen) atoms. The molecule has 1 aliphatic carbocycles. The molecule has 2 rings (SSSR count). The third-order valence-corrected chi connectivity index (χ3v) is 4.85. The molecule has 3 unspecified atom stereocenters. The molecule has 5 heteroatoms. The summed E-state index contributed by atoms with van der Waals surface area (Å²) in [4.78, 5) is 14.3. The monoisotopic (exact) mass is 296 g/mol. The van der Waals surface area contributed by atoms with Crippen LogP contribution in [-0.4, -0.2) is 23.9 Å². The molecule has 1 fully saturated rings. The van der Waals surface area contributed by atoms with E-state index in [1.54, 1.807) is 18.9 Å². The van der Waals surface area contributed by atoms with E-state index in [0.29, 0.717) is 5.56 Å². The SMILES string of the molecule is CC(c1ccc(F)c(F)c1)N(C)C(=O)C1(C)CCCC1N. The highest BCUT2D eigenvalue weighted by atomic mass is 19.2. The molecule has 3 atom stereocenters. The maximum atomic E-state index is 13.3. The molecule has 1 aromatic rings. The summed E-state index contributed by atoms with van der Waals surface area (Å²) in [5, 5.41) is 0. The quantitative estimate of drug-likeness (QED) is 0.932. The van der Waals surface area contributed by atoms with Crippen LogP contribution in [0.5, 0.6) is 0 Å². The Hall–Kier alpha value is -1.49. The fraction of sp³-hybridized carbons (Fsp3) is 0.562. The summed E-state index contributed by atoms with van der Waals surface area (Å²) in [6.07, 6.45) is 2.55. The van der Waals surface area contributed by atoms with Crippen LogP contribution in [0, 0.1) is 17.0 Å². The standard InChI is InChI=1S/C16H22F2N2O/c1-10(11-6-7-12(17)13(18)9-11)20(3)15(21)16(2)8-4-5-14(16)19/h6-7,9-10,14H,4-5,8,19H2,1-3H3. The highest BCUT2D eigenvalue weighted by Gasteiger charge is 2.45. The lowest BCUT2D eigenvalue weighted by Crippen LogP contribution is -2.48. The molecule has 3 nitrogen and oxygen atoms in total. The van der Waals surface area contributed by atoms with Gasteiger partial charge in [0, 0.05) is 13.1 Å². The van der Waals surface area contributed by atoms with Crippen LogP contribution >= 0.6 is 0 Å². The normalized spacial score (nSPS) is 26.7. The zero-order valence-electron chi connectivity index (χ0n) is 12.7. The Morgan fingerprint density at radius 3 is 2.62 bits per heavy atom. The first-order chi connectivity index (χ1) is 9.77. The van der Waals surface area contributed by atoms with Gasteiger partial charge < -0.3 is 10.6 Å². The average Bonchev–Trinajstić information content (AvgIpc) is 2.80. The lowest BCUT2D eigenvalue weighted by atomic mass is 9.83. The van der Waals surface area contributed by atoms with E-state index in [-0.39, 0.29) is 18.0 Å². The van der Waals surface area contributed by atoms with Gasteiger partial charge in [0.25, 0.3) is 0 Å². The van der Waals surface area contributed by atoms with Crippen molar-refractivity contribution < 1.29 is 13.6 Å². The van der Waals surface area contributed by atoms with E-state index in [1.807, 2.05) is 6.92 Å². The van der Waals surface area contributed by atoms with Crippen molar-refractivity contribution in [3.8, 4) is 0 Å². The second-order valence-electron chi connectivity index (χ2n) is 6.18. The van der Waals surface area contributed by atoms with Gasteiger partial charge in [0.1, 0.15) is 0 Å². The van der Waals surface area contributed by atoms with Gasteiger partial charge in [-0.25, -0.2) is 8.78 Å². The van der Waals surface area contributed by atoms with E-state index >= 15 is 0 Å². The van der Waals surface area contributed by atoms with Gasteiger partial charge in [-0.15, -0.1) is 0 Å². The second-order valence-corrected chi connectivity index (χ2v) is 6.18. The van der Waals surface area contributed by atoms with Gasteiger partial charge in [-0.05, 0) is 44.4 Å². The smallest absolute Gasteiger partial charge is 0.230 e. The molecule has 0 radical (unpaired) electrons. The molecule has 1 saturated carbocycles. The summed E-state index contributed by atoms with van der Waals surface area (Å²) >= 11 is 0. The number of benzene rings is 1. The zero-order chi connectivity index (χ0) is 15.8. The van der Waals surface area contributed by atoms with Crippen molar-refractivity contribution in [1.29, 1.82) is 0 Å². The Morgan fingerprint density at radius 2 is 2.10 bits per heavy atom. The first-order valence-electron chi connectivity index (χ1n) is 7.25. The molecule has 0 aromatic heterocycles. The molecule has 2 N–H and O–H groups in total. The van der Waals surface area contributed by atoms with E-state index in [0.717, 1.165) is 31.4 Å². The molecule has 1 aliphatic rings. The molecule has 0 saturated heterocycles. The lowest BCUT2D eigenvalue weighted by molar-refractivity contribution is -0.142. The van der Waals surface area contributed by atoms with Crippen molar-refractivity contribution in [3.63, 3.8) is 0 Å². The minimum Gasteiger partial charge on any atom is -0.338 e. The van der Waals surface area contributed by atoms with Crippen LogP contribution in [0.2, 0.25) is 0 Å². The topological polar surface area (TPSA) is 46.3 Å². The van der Waals surface area contributed by atoms with Crippen molar-refractivity contribution in [2.75, 3.05) is 7.05 Å². The Morgan fingerprint density at radius 1 is 1.43 bits per heavy atom. The van der Waals surface area contributed by atoms with Crippen molar-refractivity contribution in [1.82, 2.24) is 4.90 Å². The van der Waals surface area contributed by atoms with Crippen LogP contribution in [0.3, 0.4) is 0 Å². The lowest BCUT2D eigenvalue weighted by Gasteiger charge is -2.35. The predicted molar refractivity (Wildman–Crippen MR) is 77.5 cm³/mol. The summed E-state index contributed by atoms with van der Waals surface area (Å²) in [5.74, 6) is -1.82. The van der Waals surface area contributed by atoms with Crippen molar-refractivity contribution in [2.45, 2.75) is 45.2 Å². The molecule has 1 aromatic carbocycles. The van der Waals surface area contributed by atoms with Gasteiger partial charge in [-0.2, -0.15) is 0 Å². The van der Waals surface area contributed by atoms with Gasteiger partial charge >= 0.3 is 0 Å². The fourth-order valence-corrected chi connectivity index (χ4v) is 3.03. The second kappa shape index (κ2) is 5.72. The third-order valence-electron chi connectivity index (χ3n) is 4.85. The van der Waals surface area contributed by atoms with E-state index in [1.165, 1.54) is 6.07 Å². The summed E-state index contributed by atoms with van der Waals surface area (Å²) in [6.45, 7) is 3.69. The molecule has 1 amide bonds. The van der Waals surface area contributed by atoms with E-state index in [2.05, 4.69) is 0 Å². The highest BCUT2D eigenvalue weighted by molar-refractivity contribution is 5.83. The van der Waals surface area contributed by atoms with Crippen LogP contribution in [-0.2, 0) is 4.79 Å². The number of halogens is 2. The highest BCUT2D eigenvalue weighted by Crippen LogP contribution is 2.39. The van der Waals surface area contributed by atoms with Crippen LogP contribution in [0.1, 0.15) is 44.7 Å². The van der Waals surface area contributed by atoms with Gasteiger partial charge in [0.2, 0.25) is 5.91 Å². The molecular weight excluding hydrogens is 274 g/mol. The fourth-order valence-electron chi connectivity index (χ4n) is 3.03. The van der Waals surface area contributed by atoms with Crippen LogP contribution in [0.4, 0.5) is 8.78 Å². The molecule has 0 spiro atoms. The number of nitrogens with zero attached hydrogens (tertiary/aromatic N) is 1. The van der Waals surface area contributed by atoms with Gasteiger partial charge in [-0.1, -0.05) is 12.5 Å². The molecule has 0 heterocycles. The predicted octanol–water partition coefficient (Wildman–Crippen LogP) is 3.00.